The second-order valence-corrected chi connectivity index (χ2v) is 6.19. The normalized spacial score (nSPS) is 26.8. The van der Waals surface area contributed by atoms with Crippen LogP contribution in [0.5, 0.6) is 0 Å². The molecule has 1 aromatic rings. The van der Waals surface area contributed by atoms with Crippen LogP contribution in [0.15, 0.2) is 41.3 Å². The summed E-state index contributed by atoms with van der Waals surface area (Å²) in [5.41, 5.74) is 4.71. The van der Waals surface area contributed by atoms with Gasteiger partial charge in [-0.15, -0.1) is 0 Å². The smallest absolute Gasteiger partial charge is 0.267 e. The molecule has 4 nitrogen and oxygen atoms in total. The van der Waals surface area contributed by atoms with E-state index < -0.39 is 0 Å². The predicted molar refractivity (Wildman–Crippen MR) is 78.3 cm³/mol. The van der Waals surface area contributed by atoms with E-state index in [0.29, 0.717) is 16.9 Å². The summed E-state index contributed by atoms with van der Waals surface area (Å²) in [5, 5.41) is 4.09. The molecule has 0 aliphatic heterocycles. The van der Waals surface area contributed by atoms with Gasteiger partial charge < -0.3 is 0 Å². The van der Waals surface area contributed by atoms with E-state index in [1.54, 1.807) is 24.5 Å². The highest BCUT2D eigenvalue weighted by atomic mass is 16.2. The zero-order chi connectivity index (χ0) is 14.2. The van der Waals surface area contributed by atoms with E-state index in [4.69, 9.17) is 0 Å². The van der Waals surface area contributed by atoms with E-state index in [1.807, 2.05) is 0 Å². The molecular formula is C16H19N3O. The number of pyridine rings is 1. The molecule has 1 aromatic heterocycles. The van der Waals surface area contributed by atoms with Gasteiger partial charge in [0, 0.05) is 12.4 Å². The van der Waals surface area contributed by atoms with Crippen LogP contribution >= 0.6 is 0 Å². The molecule has 0 aromatic carbocycles. The van der Waals surface area contributed by atoms with E-state index in [-0.39, 0.29) is 5.91 Å². The molecule has 104 valence electrons. The van der Waals surface area contributed by atoms with Crippen LogP contribution in [0.4, 0.5) is 0 Å². The molecule has 1 N–H and O–H groups in total. The lowest BCUT2D eigenvalue weighted by molar-refractivity contribution is -0.00126. The Labute approximate surface area is 119 Å². The molecule has 3 aliphatic carbocycles. The summed E-state index contributed by atoms with van der Waals surface area (Å²) < 4.78 is 0. The van der Waals surface area contributed by atoms with E-state index in [2.05, 4.69) is 35.4 Å². The van der Waals surface area contributed by atoms with Gasteiger partial charge in [0.1, 0.15) is 0 Å². The number of hydrazone groups is 1. The van der Waals surface area contributed by atoms with Crippen LogP contribution in [-0.2, 0) is 0 Å². The molecule has 0 saturated heterocycles. The van der Waals surface area contributed by atoms with Crippen LogP contribution in [0.2, 0.25) is 0 Å². The van der Waals surface area contributed by atoms with Crippen molar-refractivity contribution in [3.05, 3.63) is 41.7 Å². The Morgan fingerprint density at radius 3 is 3.05 bits per heavy atom. The van der Waals surface area contributed by atoms with Gasteiger partial charge in [0.2, 0.25) is 0 Å². The second-order valence-electron chi connectivity index (χ2n) is 6.19. The summed E-state index contributed by atoms with van der Waals surface area (Å²) in [4.78, 5) is 15.7. The number of amides is 1. The van der Waals surface area contributed by atoms with Crippen molar-refractivity contribution >= 4 is 12.1 Å². The zero-order valence-corrected chi connectivity index (χ0v) is 11.8. The molecule has 2 bridgehead atoms. The summed E-state index contributed by atoms with van der Waals surface area (Å²) in [6.07, 6.45) is 9.61. The Balaban J connectivity index is 1.62. The van der Waals surface area contributed by atoms with Crippen LogP contribution in [0.25, 0.3) is 0 Å². The van der Waals surface area contributed by atoms with Crippen molar-refractivity contribution in [1.29, 1.82) is 0 Å². The van der Waals surface area contributed by atoms with E-state index in [9.17, 15) is 4.79 Å². The quantitative estimate of drug-likeness (QED) is 0.677. The highest BCUT2D eigenvalue weighted by Crippen LogP contribution is 2.58. The van der Waals surface area contributed by atoms with Crippen molar-refractivity contribution in [3.8, 4) is 0 Å². The SMILES string of the molecule is CC1(C)[C@@H]2CC=C(/C=N\NC(=O)c3cccnc3)[C@@H]1C2. The fourth-order valence-corrected chi connectivity index (χ4v) is 3.27. The van der Waals surface area contributed by atoms with Gasteiger partial charge in [-0.25, -0.2) is 5.43 Å². The summed E-state index contributed by atoms with van der Waals surface area (Å²) in [5.74, 6) is 1.17. The van der Waals surface area contributed by atoms with Crippen molar-refractivity contribution in [2.24, 2.45) is 22.4 Å². The third-order valence-electron chi connectivity index (χ3n) is 4.81. The number of nitrogens with one attached hydrogen (secondary N) is 1. The van der Waals surface area contributed by atoms with Gasteiger partial charge in [-0.1, -0.05) is 19.9 Å². The third kappa shape index (κ3) is 2.15. The minimum absolute atomic E-state index is 0.225. The Bertz CT molecular complexity index is 575. The average Bonchev–Trinajstić information content (AvgIpc) is 2.48. The Kier molecular flexibility index (Phi) is 3.16. The first-order chi connectivity index (χ1) is 9.59. The number of aromatic nitrogens is 1. The number of hydrogen-bond acceptors (Lipinski definition) is 3. The number of nitrogens with zero attached hydrogens (tertiary/aromatic N) is 2. The molecule has 20 heavy (non-hydrogen) atoms. The number of carbonyl (C=O) groups is 1. The van der Waals surface area contributed by atoms with Crippen molar-refractivity contribution in [2.45, 2.75) is 26.7 Å². The number of allylic oxidation sites excluding steroid dienone is 2. The Hall–Kier alpha value is -1.97. The van der Waals surface area contributed by atoms with Gasteiger partial charge in [0.05, 0.1) is 11.8 Å². The first kappa shape index (κ1) is 13.0. The molecule has 0 spiro atoms. The van der Waals surface area contributed by atoms with Gasteiger partial charge in [0.15, 0.2) is 0 Å². The zero-order valence-electron chi connectivity index (χ0n) is 11.8. The molecular weight excluding hydrogens is 250 g/mol. The van der Waals surface area contributed by atoms with Crippen LogP contribution < -0.4 is 5.43 Å². The highest BCUT2D eigenvalue weighted by Gasteiger charge is 2.50. The molecule has 3 aliphatic rings. The molecule has 1 amide bonds. The van der Waals surface area contributed by atoms with Crippen molar-refractivity contribution < 1.29 is 4.79 Å². The van der Waals surface area contributed by atoms with Gasteiger partial charge in [-0.2, -0.15) is 5.10 Å². The first-order valence-electron chi connectivity index (χ1n) is 7.02. The fraction of sp³-hybridized carbons (Fsp3) is 0.438. The number of rotatable bonds is 3. The summed E-state index contributed by atoms with van der Waals surface area (Å²) in [6.45, 7) is 4.64. The predicted octanol–water partition coefficient (Wildman–Crippen LogP) is 2.79. The minimum Gasteiger partial charge on any atom is -0.267 e. The van der Waals surface area contributed by atoms with Crippen LogP contribution in [0.3, 0.4) is 0 Å². The number of hydrogen-bond donors (Lipinski definition) is 1. The van der Waals surface area contributed by atoms with Crippen molar-refractivity contribution in [1.82, 2.24) is 10.4 Å². The Morgan fingerprint density at radius 2 is 2.40 bits per heavy atom. The van der Waals surface area contributed by atoms with Crippen molar-refractivity contribution in [3.63, 3.8) is 0 Å². The average molecular weight is 269 g/mol. The standard InChI is InChI=1S/C16H19N3O/c1-16(2)13-6-5-11(14(16)8-13)10-18-19-15(20)12-4-3-7-17-9-12/h3-5,7,9-10,13-14H,6,8H2,1-2H3,(H,19,20)/b18-10-/t13-,14+/m1/s1. The Morgan fingerprint density at radius 1 is 1.55 bits per heavy atom. The minimum atomic E-state index is -0.225. The van der Waals surface area contributed by atoms with Gasteiger partial charge in [-0.05, 0) is 47.8 Å². The fourth-order valence-electron chi connectivity index (χ4n) is 3.27. The van der Waals surface area contributed by atoms with Crippen LogP contribution in [0, 0.1) is 17.3 Å². The largest absolute Gasteiger partial charge is 0.272 e. The molecule has 4 rings (SSSR count). The second kappa shape index (κ2) is 4.85. The molecule has 0 unspecified atom stereocenters. The lowest BCUT2D eigenvalue weighted by Crippen LogP contribution is -2.48. The maximum Gasteiger partial charge on any atom is 0.272 e. The molecule has 2 atom stereocenters. The van der Waals surface area contributed by atoms with Gasteiger partial charge in [0.25, 0.3) is 5.91 Å². The highest BCUT2D eigenvalue weighted by molar-refractivity contribution is 5.94. The monoisotopic (exact) mass is 269 g/mol. The summed E-state index contributed by atoms with van der Waals surface area (Å²) >= 11 is 0. The van der Waals surface area contributed by atoms with Crippen LogP contribution in [0.1, 0.15) is 37.0 Å². The maximum atomic E-state index is 11.8. The van der Waals surface area contributed by atoms with Crippen molar-refractivity contribution in [2.75, 3.05) is 0 Å². The summed E-state index contributed by atoms with van der Waals surface area (Å²) in [7, 11) is 0. The molecule has 0 radical (unpaired) electrons. The number of fused-ring (bicyclic) bond motifs is 1. The lowest BCUT2D eigenvalue weighted by atomic mass is 9.49. The van der Waals surface area contributed by atoms with E-state index >= 15 is 0 Å². The molecule has 1 saturated carbocycles. The molecule has 1 heterocycles. The van der Waals surface area contributed by atoms with E-state index in [0.717, 1.165) is 12.3 Å². The van der Waals surface area contributed by atoms with Crippen LogP contribution in [-0.4, -0.2) is 17.1 Å². The van der Waals surface area contributed by atoms with E-state index in [1.165, 1.54) is 18.2 Å². The molecule has 4 heteroatoms. The third-order valence-corrected chi connectivity index (χ3v) is 4.81. The topological polar surface area (TPSA) is 54.4 Å². The van der Waals surface area contributed by atoms with Gasteiger partial charge >= 0.3 is 0 Å². The maximum absolute atomic E-state index is 11.8. The molecule has 1 fully saturated rings. The van der Waals surface area contributed by atoms with Gasteiger partial charge in [-0.3, -0.25) is 9.78 Å². The number of carbonyl (C=O) groups excluding carboxylic acids is 1. The first-order valence-corrected chi connectivity index (χ1v) is 7.02. The summed E-state index contributed by atoms with van der Waals surface area (Å²) in [6, 6.07) is 3.46. The lowest BCUT2D eigenvalue weighted by Gasteiger charge is -2.55.